The van der Waals surface area contributed by atoms with E-state index in [0.29, 0.717) is 17.0 Å². The molecule has 4 rings (SSSR count). The van der Waals surface area contributed by atoms with Crippen LogP contribution < -0.4 is 5.32 Å². The summed E-state index contributed by atoms with van der Waals surface area (Å²) in [5.74, 6) is -0.539. The number of halogens is 1. The molecule has 2 unspecified atom stereocenters. The molecule has 0 spiro atoms. The standard InChI is InChI=1S/C24H25ClN2O3/c1-22(2)23(3)13-14-24(22,21(29)26-18-7-5-4-6-8-18)15-19(23)27-30-20(28)16-9-11-17(25)12-10-16/h4-12H,13-15H2,1-3H3,(H,26,29)/b27-19+. The Morgan fingerprint density at radius 2 is 1.67 bits per heavy atom. The molecule has 5 nitrogen and oxygen atoms in total. The molecular weight excluding hydrogens is 400 g/mol. The number of hydrogen-bond acceptors (Lipinski definition) is 4. The summed E-state index contributed by atoms with van der Waals surface area (Å²) in [6.45, 7) is 6.36. The molecule has 30 heavy (non-hydrogen) atoms. The fraction of sp³-hybridized carbons (Fsp3) is 0.375. The largest absolute Gasteiger partial charge is 0.365 e. The van der Waals surface area contributed by atoms with E-state index in [-0.39, 0.29) is 16.7 Å². The number of oxime groups is 1. The third-order valence-corrected chi connectivity index (χ3v) is 7.77. The summed E-state index contributed by atoms with van der Waals surface area (Å²) in [5, 5.41) is 7.89. The number of nitrogens with one attached hydrogen (secondary N) is 1. The summed E-state index contributed by atoms with van der Waals surface area (Å²) in [4.78, 5) is 31.1. The van der Waals surface area contributed by atoms with Gasteiger partial charge in [0.15, 0.2) is 0 Å². The van der Waals surface area contributed by atoms with E-state index >= 15 is 0 Å². The minimum absolute atomic E-state index is 0.00310. The SMILES string of the molecule is CC12CCC(C(=O)Nc3ccccc3)(C/C1=N\OC(=O)c1ccc(Cl)cc1)C2(C)C. The molecule has 2 aliphatic carbocycles. The fourth-order valence-electron chi connectivity index (χ4n) is 5.03. The number of carbonyl (C=O) groups excluding carboxylic acids is 2. The lowest BCUT2D eigenvalue weighted by molar-refractivity contribution is -0.130. The highest BCUT2D eigenvalue weighted by Crippen LogP contribution is 2.71. The highest BCUT2D eigenvalue weighted by atomic mass is 35.5. The molecule has 2 fully saturated rings. The zero-order valence-electron chi connectivity index (χ0n) is 17.4. The van der Waals surface area contributed by atoms with Crippen LogP contribution in [0.3, 0.4) is 0 Å². The van der Waals surface area contributed by atoms with E-state index in [9.17, 15) is 9.59 Å². The van der Waals surface area contributed by atoms with Crippen molar-refractivity contribution in [2.24, 2.45) is 21.4 Å². The Labute approximate surface area is 181 Å². The van der Waals surface area contributed by atoms with Gasteiger partial charge in [-0.05, 0) is 54.7 Å². The summed E-state index contributed by atoms with van der Waals surface area (Å²) in [7, 11) is 0. The molecule has 2 aliphatic rings. The van der Waals surface area contributed by atoms with Crippen molar-refractivity contribution in [3.8, 4) is 0 Å². The molecule has 2 atom stereocenters. The van der Waals surface area contributed by atoms with Gasteiger partial charge in [0, 0.05) is 22.5 Å². The van der Waals surface area contributed by atoms with Crippen molar-refractivity contribution in [1.82, 2.24) is 0 Å². The van der Waals surface area contributed by atoms with Crippen LogP contribution in [0.1, 0.15) is 50.4 Å². The van der Waals surface area contributed by atoms with Crippen LogP contribution in [0, 0.1) is 16.2 Å². The van der Waals surface area contributed by atoms with E-state index in [4.69, 9.17) is 16.4 Å². The molecular formula is C24H25ClN2O3. The van der Waals surface area contributed by atoms with E-state index in [0.717, 1.165) is 24.2 Å². The van der Waals surface area contributed by atoms with Crippen LogP contribution >= 0.6 is 11.6 Å². The normalized spacial score (nSPS) is 27.8. The van der Waals surface area contributed by atoms with Gasteiger partial charge in [-0.1, -0.05) is 55.7 Å². The van der Waals surface area contributed by atoms with Gasteiger partial charge in [-0.2, -0.15) is 0 Å². The molecule has 0 radical (unpaired) electrons. The smallest absolute Gasteiger partial charge is 0.326 e. The topological polar surface area (TPSA) is 67.8 Å². The molecule has 2 aromatic carbocycles. The van der Waals surface area contributed by atoms with E-state index in [1.807, 2.05) is 30.3 Å². The molecule has 156 valence electrons. The quantitative estimate of drug-likeness (QED) is 0.505. The molecule has 0 heterocycles. The summed E-state index contributed by atoms with van der Waals surface area (Å²) < 4.78 is 0. The third kappa shape index (κ3) is 3.03. The number of hydrogen-bond donors (Lipinski definition) is 1. The third-order valence-electron chi connectivity index (χ3n) is 7.52. The maximum absolute atomic E-state index is 13.4. The number of amides is 1. The molecule has 0 aliphatic heterocycles. The number of benzene rings is 2. The van der Waals surface area contributed by atoms with Crippen molar-refractivity contribution in [2.75, 3.05) is 5.32 Å². The van der Waals surface area contributed by atoms with Gasteiger partial charge >= 0.3 is 5.97 Å². The maximum atomic E-state index is 13.4. The zero-order valence-corrected chi connectivity index (χ0v) is 18.1. The monoisotopic (exact) mass is 424 g/mol. The second kappa shape index (κ2) is 7.24. The van der Waals surface area contributed by atoms with Crippen molar-refractivity contribution in [1.29, 1.82) is 0 Å². The van der Waals surface area contributed by atoms with Crippen molar-refractivity contribution in [3.63, 3.8) is 0 Å². The Morgan fingerprint density at radius 1 is 1.00 bits per heavy atom. The number of carbonyl (C=O) groups is 2. The van der Waals surface area contributed by atoms with Crippen LogP contribution in [0.4, 0.5) is 5.69 Å². The van der Waals surface area contributed by atoms with Gasteiger partial charge in [0.25, 0.3) is 0 Å². The number of rotatable bonds is 4. The first-order chi connectivity index (χ1) is 14.2. The zero-order chi connectivity index (χ0) is 21.6. The lowest BCUT2D eigenvalue weighted by atomic mass is 9.64. The number of para-hydroxylation sites is 1. The van der Waals surface area contributed by atoms with Gasteiger partial charge in [0.2, 0.25) is 5.91 Å². The summed E-state index contributed by atoms with van der Waals surface area (Å²) >= 11 is 5.87. The molecule has 1 amide bonds. The average Bonchev–Trinajstić information content (AvgIpc) is 3.04. The molecule has 2 bridgehead atoms. The maximum Gasteiger partial charge on any atom is 0.365 e. The fourth-order valence-corrected chi connectivity index (χ4v) is 5.16. The number of anilines is 1. The first-order valence-corrected chi connectivity index (χ1v) is 10.5. The predicted octanol–water partition coefficient (Wildman–Crippen LogP) is 5.71. The van der Waals surface area contributed by atoms with Gasteiger partial charge in [0.1, 0.15) is 0 Å². The van der Waals surface area contributed by atoms with Gasteiger partial charge in [-0.25, -0.2) is 4.79 Å². The molecule has 6 heteroatoms. The predicted molar refractivity (Wildman–Crippen MR) is 118 cm³/mol. The molecule has 2 saturated carbocycles. The Hall–Kier alpha value is -2.66. The van der Waals surface area contributed by atoms with Crippen molar-refractivity contribution in [3.05, 3.63) is 65.2 Å². The molecule has 2 aromatic rings. The van der Waals surface area contributed by atoms with Gasteiger partial charge in [-0.3, -0.25) is 4.79 Å². The Kier molecular flexibility index (Phi) is 4.97. The number of nitrogens with zero attached hydrogens (tertiary/aromatic N) is 1. The van der Waals surface area contributed by atoms with E-state index < -0.39 is 11.4 Å². The van der Waals surface area contributed by atoms with Gasteiger partial charge < -0.3 is 10.2 Å². The van der Waals surface area contributed by atoms with Crippen molar-refractivity contribution >= 4 is 34.9 Å². The molecule has 0 aromatic heterocycles. The van der Waals surface area contributed by atoms with E-state index in [1.165, 1.54) is 0 Å². The molecule has 1 N–H and O–H groups in total. The second-order valence-electron chi connectivity index (χ2n) is 8.96. The Balaban J connectivity index is 1.58. The second-order valence-corrected chi connectivity index (χ2v) is 9.40. The lowest BCUT2D eigenvalue weighted by Crippen LogP contribution is -2.43. The van der Waals surface area contributed by atoms with Crippen LogP contribution in [0.25, 0.3) is 0 Å². The minimum Gasteiger partial charge on any atom is -0.326 e. The van der Waals surface area contributed by atoms with Crippen LogP contribution in [0.2, 0.25) is 5.02 Å². The Morgan fingerprint density at radius 3 is 2.33 bits per heavy atom. The van der Waals surface area contributed by atoms with Crippen LogP contribution in [-0.4, -0.2) is 17.6 Å². The van der Waals surface area contributed by atoms with Crippen LogP contribution in [0.5, 0.6) is 0 Å². The highest BCUT2D eigenvalue weighted by Gasteiger charge is 2.71. The molecule has 0 saturated heterocycles. The highest BCUT2D eigenvalue weighted by molar-refractivity contribution is 6.30. The first-order valence-electron chi connectivity index (χ1n) is 10.1. The van der Waals surface area contributed by atoms with E-state index in [2.05, 4.69) is 31.2 Å². The average molecular weight is 425 g/mol. The summed E-state index contributed by atoms with van der Waals surface area (Å²) in [6.07, 6.45) is 2.07. The summed E-state index contributed by atoms with van der Waals surface area (Å²) in [6, 6.07) is 16.0. The first kappa shape index (κ1) is 20.6. The Bertz CT molecular complexity index is 1020. The van der Waals surface area contributed by atoms with Crippen molar-refractivity contribution in [2.45, 2.75) is 40.0 Å². The lowest BCUT2D eigenvalue weighted by Gasteiger charge is -2.39. The number of fused-ring (bicyclic) bond motifs is 2. The van der Waals surface area contributed by atoms with Crippen LogP contribution in [0.15, 0.2) is 59.8 Å². The van der Waals surface area contributed by atoms with Crippen LogP contribution in [-0.2, 0) is 9.63 Å². The van der Waals surface area contributed by atoms with Gasteiger partial charge in [-0.15, -0.1) is 0 Å². The minimum atomic E-state index is -0.594. The van der Waals surface area contributed by atoms with Gasteiger partial charge in [0.05, 0.1) is 16.7 Å². The summed E-state index contributed by atoms with van der Waals surface area (Å²) in [5.41, 5.74) is 0.687. The van der Waals surface area contributed by atoms with E-state index in [1.54, 1.807) is 24.3 Å². The van der Waals surface area contributed by atoms with Crippen molar-refractivity contribution < 1.29 is 14.4 Å².